The molecule has 4 aromatic heterocycles. The fraction of sp³-hybridized carbons (Fsp3) is 0.387. The van der Waals surface area contributed by atoms with Crippen LogP contribution in [0.1, 0.15) is 72.3 Å². The highest BCUT2D eigenvalue weighted by molar-refractivity contribution is 14.1. The van der Waals surface area contributed by atoms with Crippen molar-refractivity contribution in [3.05, 3.63) is 69.3 Å². The number of hydrogen-bond acceptors (Lipinski definition) is 6. The molecule has 1 aromatic carbocycles. The Kier molecular flexibility index (Phi) is 8.92. The first-order chi connectivity index (χ1) is 18.9. The molecule has 5 aromatic rings. The lowest BCUT2D eigenvalue weighted by atomic mass is 9.75. The van der Waals surface area contributed by atoms with Gasteiger partial charge in [-0.25, -0.2) is 9.97 Å². The van der Waals surface area contributed by atoms with Crippen LogP contribution in [0.4, 0.5) is 0 Å². The van der Waals surface area contributed by atoms with Gasteiger partial charge in [0.05, 0.1) is 5.39 Å². The molecule has 0 radical (unpaired) electrons. The number of ether oxygens (including phenoxy) is 1. The van der Waals surface area contributed by atoms with Crippen LogP contribution < -0.4 is 0 Å². The SMILES string of the molecule is CCC(C)(CCC(=O)OC(C)(C)C)c1cccc(-c2ccnc3n[nH]c(C)c23)c1.Cc1[nH]nc2nccc(I)c12.[2HH]. The van der Waals surface area contributed by atoms with Gasteiger partial charge < -0.3 is 4.74 Å². The molecule has 5 rings (SSSR count). The monoisotopic (exact) mass is 655 g/mol. The van der Waals surface area contributed by atoms with Crippen LogP contribution in [-0.4, -0.2) is 41.9 Å². The fourth-order valence-electron chi connectivity index (χ4n) is 4.75. The van der Waals surface area contributed by atoms with Gasteiger partial charge in [-0.2, -0.15) is 10.2 Å². The summed E-state index contributed by atoms with van der Waals surface area (Å²) in [6, 6.07) is 12.6. The van der Waals surface area contributed by atoms with E-state index in [1.807, 2.05) is 46.8 Å². The van der Waals surface area contributed by atoms with E-state index in [0.29, 0.717) is 6.42 Å². The molecule has 1 atom stereocenters. The van der Waals surface area contributed by atoms with Crippen molar-refractivity contribution in [3.63, 3.8) is 0 Å². The Morgan fingerprint density at radius 3 is 2.20 bits per heavy atom. The summed E-state index contributed by atoms with van der Waals surface area (Å²) in [4.78, 5) is 20.7. The highest BCUT2D eigenvalue weighted by Crippen LogP contribution is 2.36. The van der Waals surface area contributed by atoms with E-state index in [0.717, 1.165) is 57.4 Å². The number of aromatic amines is 2. The number of pyridine rings is 2. The largest absolute Gasteiger partial charge is 0.460 e. The van der Waals surface area contributed by atoms with Gasteiger partial charge >= 0.3 is 5.97 Å². The summed E-state index contributed by atoms with van der Waals surface area (Å²) in [5.74, 6) is -0.141. The van der Waals surface area contributed by atoms with Crippen LogP contribution in [0.25, 0.3) is 33.2 Å². The molecule has 0 bridgehead atoms. The molecule has 0 aliphatic heterocycles. The van der Waals surface area contributed by atoms with Crippen molar-refractivity contribution in [3.8, 4) is 11.1 Å². The first-order valence-electron chi connectivity index (χ1n) is 13.5. The Bertz CT molecular complexity index is 1640. The van der Waals surface area contributed by atoms with Gasteiger partial charge in [0.25, 0.3) is 0 Å². The van der Waals surface area contributed by atoms with Crippen molar-refractivity contribution < 1.29 is 11.0 Å². The lowest BCUT2D eigenvalue weighted by Gasteiger charge is -2.30. The minimum atomic E-state index is -0.450. The first-order valence-corrected chi connectivity index (χ1v) is 14.6. The summed E-state index contributed by atoms with van der Waals surface area (Å²) >= 11 is 2.28. The van der Waals surface area contributed by atoms with Crippen LogP contribution >= 0.6 is 22.6 Å². The van der Waals surface area contributed by atoms with Crippen molar-refractivity contribution in [1.82, 2.24) is 30.4 Å². The van der Waals surface area contributed by atoms with Crippen molar-refractivity contribution >= 4 is 50.6 Å². The van der Waals surface area contributed by atoms with Crippen LogP contribution in [0.3, 0.4) is 0 Å². The van der Waals surface area contributed by atoms with Crippen molar-refractivity contribution in [2.75, 3.05) is 0 Å². The number of aromatic nitrogens is 6. The van der Waals surface area contributed by atoms with Crippen LogP contribution in [0.2, 0.25) is 0 Å². The van der Waals surface area contributed by atoms with E-state index in [1.165, 1.54) is 9.13 Å². The Morgan fingerprint density at radius 1 is 0.950 bits per heavy atom. The van der Waals surface area contributed by atoms with E-state index in [9.17, 15) is 4.79 Å². The first kappa shape index (κ1) is 29.6. The minimum absolute atomic E-state index is 0. The number of carbonyl (C=O) groups excluding carboxylic acids is 1. The van der Waals surface area contributed by atoms with E-state index in [-0.39, 0.29) is 12.8 Å². The Labute approximate surface area is 250 Å². The number of carbonyl (C=O) groups is 1. The minimum Gasteiger partial charge on any atom is -0.460 e. The van der Waals surface area contributed by atoms with E-state index >= 15 is 0 Å². The number of fused-ring (bicyclic) bond motifs is 2. The second-order valence-corrected chi connectivity index (χ2v) is 12.5. The molecule has 0 spiro atoms. The maximum absolute atomic E-state index is 12.3. The lowest BCUT2D eigenvalue weighted by Crippen LogP contribution is -2.27. The average molecular weight is 656 g/mol. The van der Waals surface area contributed by atoms with Gasteiger partial charge in [0.15, 0.2) is 11.3 Å². The quantitative estimate of drug-likeness (QED) is 0.143. The third-order valence-corrected chi connectivity index (χ3v) is 8.07. The molecular formula is C31H39IN6O2. The topological polar surface area (TPSA) is 109 Å². The third kappa shape index (κ3) is 6.68. The summed E-state index contributed by atoms with van der Waals surface area (Å²) in [6.45, 7) is 14.1. The molecule has 1 unspecified atom stereocenters. The zero-order chi connectivity index (χ0) is 29.1. The maximum Gasteiger partial charge on any atom is 0.306 e. The summed E-state index contributed by atoms with van der Waals surface area (Å²) in [5.41, 5.74) is 6.55. The second kappa shape index (κ2) is 12.0. The molecule has 0 aliphatic rings. The number of H-pyrrole nitrogens is 2. The second-order valence-electron chi connectivity index (χ2n) is 11.3. The van der Waals surface area contributed by atoms with Gasteiger partial charge in [0.2, 0.25) is 0 Å². The number of hydrogen-bond donors (Lipinski definition) is 2. The highest BCUT2D eigenvalue weighted by atomic mass is 127. The molecule has 0 fully saturated rings. The third-order valence-electron chi connectivity index (χ3n) is 7.17. The van der Waals surface area contributed by atoms with Gasteiger partial charge in [0, 0.05) is 40.6 Å². The lowest BCUT2D eigenvalue weighted by molar-refractivity contribution is -0.155. The Hall–Kier alpha value is -3.34. The van der Waals surface area contributed by atoms with Crippen LogP contribution in [0, 0.1) is 17.4 Å². The number of nitrogens with one attached hydrogen (secondary N) is 2. The van der Waals surface area contributed by atoms with Gasteiger partial charge in [-0.3, -0.25) is 15.0 Å². The normalized spacial score (nSPS) is 13.1. The van der Waals surface area contributed by atoms with Gasteiger partial charge in [0.1, 0.15) is 5.60 Å². The van der Waals surface area contributed by atoms with Gasteiger partial charge in [-0.05, 0) is 104 Å². The van der Waals surface area contributed by atoms with Crippen LogP contribution in [-0.2, 0) is 14.9 Å². The number of nitrogens with zero attached hydrogens (tertiary/aromatic N) is 4. The number of aryl methyl sites for hydroxylation is 2. The molecule has 0 saturated heterocycles. The molecule has 0 saturated carbocycles. The summed E-state index contributed by atoms with van der Waals surface area (Å²) < 4.78 is 6.70. The van der Waals surface area contributed by atoms with Crippen molar-refractivity contribution in [1.29, 1.82) is 0 Å². The summed E-state index contributed by atoms with van der Waals surface area (Å²) in [6.07, 6.45) is 5.66. The number of halogens is 1. The molecule has 8 nitrogen and oxygen atoms in total. The van der Waals surface area contributed by atoms with Crippen LogP contribution in [0.15, 0.2) is 48.8 Å². The van der Waals surface area contributed by atoms with E-state index in [1.54, 1.807) is 12.4 Å². The molecule has 9 heteroatoms. The molecule has 212 valence electrons. The Balaban J connectivity index is 0.000000321. The average Bonchev–Trinajstić information content (AvgIpc) is 3.50. The van der Waals surface area contributed by atoms with E-state index in [4.69, 9.17) is 4.74 Å². The predicted molar refractivity (Wildman–Crippen MR) is 170 cm³/mol. The molecule has 2 N–H and O–H groups in total. The van der Waals surface area contributed by atoms with Gasteiger partial charge in [-0.1, -0.05) is 38.1 Å². The zero-order valence-electron chi connectivity index (χ0n) is 24.2. The van der Waals surface area contributed by atoms with Crippen molar-refractivity contribution in [2.24, 2.45) is 0 Å². The van der Waals surface area contributed by atoms with Crippen LogP contribution in [0.5, 0.6) is 0 Å². The summed E-state index contributed by atoms with van der Waals surface area (Å²) in [7, 11) is 0. The highest BCUT2D eigenvalue weighted by Gasteiger charge is 2.27. The number of esters is 1. The summed E-state index contributed by atoms with van der Waals surface area (Å²) in [5, 5.41) is 16.4. The van der Waals surface area contributed by atoms with Gasteiger partial charge in [-0.15, -0.1) is 0 Å². The Morgan fingerprint density at radius 2 is 1.57 bits per heavy atom. The fourth-order valence-corrected chi connectivity index (χ4v) is 5.56. The standard InChI is InChI=1S/C24H31N3O2.C7H6IN3.H2/c1-7-24(6,13-11-20(28)29-23(3,4)5)18-10-8-9-17(15-18)19-12-14-25-22-21(19)16(2)26-27-22;1-4-6-5(8)2-3-9-7(6)11-10-4;/h8-10,12,14-15H,7,11,13H2,1-6H3,(H,25,26,27);2-3H,1H3,(H,9,10,11);1H/i;;1+1. The number of rotatable bonds is 6. The van der Waals surface area contributed by atoms with E-state index < -0.39 is 5.60 Å². The number of benzene rings is 1. The van der Waals surface area contributed by atoms with Crippen molar-refractivity contribution in [2.45, 2.75) is 78.7 Å². The maximum atomic E-state index is 12.3. The predicted octanol–water partition coefficient (Wildman–Crippen LogP) is 7.84. The van der Waals surface area contributed by atoms with E-state index in [2.05, 4.69) is 91.1 Å². The molecule has 40 heavy (non-hydrogen) atoms. The smallest absolute Gasteiger partial charge is 0.306 e. The molecule has 0 amide bonds. The molecule has 0 aliphatic carbocycles. The molecule has 4 heterocycles. The molecular weight excluding hydrogens is 615 g/mol. The zero-order valence-corrected chi connectivity index (χ0v) is 26.4.